The van der Waals surface area contributed by atoms with Gasteiger partial charge in [-0.15, -0.1) is 0 Å². The topological polar surface area (TPSA) is 100 Å². The molecule has 0 aliphatic rings. The van der Waals surface area contributed by atoms with Crippen LogP contribution in [0.5, 0.6) is 0 Å². The fourth-order valence-electron chi connectivity index (χ4n) is 2.09. The van der Waals surface area contributed by atoms with Crippen LogP contribution in [0, 0.1) is 12.7 Å². The second kappa shape index (κ2) is 9.36. The van der Waals surface area contributed by atoms with E-state index in [1.807, 2.05) is 0 Å². The lowest BCUT2D eigenvalue weighted by Gasteiger charge is -2.08. The third-order valence-electron chi connectivity index (χ3n) is 3.55. The molecule has 0 atom stereocenters. The molecule has 0 saturated heterocycles. The zero-order valence-corrected chi connectivity index (χ0v) is 14.3. The van der Waals surface area contributed by atoms with Gasteiger partial charge in [-0.2, -0.15) is 0 Å². The molecule has 7 nitrogen and oxygen atoms in total. The Morgan fingerprint density at radius 1 is 1.00 bits per heavy atom. The van der Waals surface area contributed by atoms with E-state index in [0.29, 0.717) is 5.56 Å². The quantitative estimate of drug-likeness (QED) is 0.619. The number of rotatable bonds is 8. The van der Waals surface area contributed by atoms with Gasteiger partial charge in [-0.1, -0.05) is 6.07 Å². The summed E-state index contributed by atoms with van der Waals surface area (Å²) in [5.74, 6) is -1.33. The van der Waals surface area contributed by atoms with E-state index >= 15 is 0 Å². The Bertz CT molecular complexity index is 775. The molecule has 0 aliphatic carbocycles. The molecule has 0 bridgehead atoms. The zero-order valence-electron chi connectivity index (χ0n) is 14.3. The van der Waals surface area contributed by atoms with Crippen molar-refractivity contribution in [2.75, 3.05) is 19.6 Å². The average molecular weight is 361 g/mol. The van der Waals surface area contributed by atoms with Crippen LogP contribution in [0.3, 0.4) is 0 Å². The van der Waals surface area contributed by atoms with Crippen molar-refractivity contribution >= 4 is 17.7 Å². The molecule has 0 unspecified atom stereocenters. The van der Waals surface area contributed by atoms with Crippen molar-refractivity contribution in [1.29, 1.82) is 0 Å². The molecule has 138 valence electrons. The summed E-state index contributed by atoms with van der Waals surface area (Å²) in [6.45, 7) is 2.22. The van der Waals surface area contributed by atoms with E-state index in [0.717, 1.165) is 0 Å². The zero-order chi connectivity index (χ0) is 18.9. The Balaban J connectivity index is 1.60. The van der Waals surface area contributed by atoms with Gasteiger partial charge in [-0.05, 0) is 36.8 Å². The minimum Gasteiger partial charge on any atom is -0.459 e. The van der Waals surface area contributed by atoms with Crippen LogP contribution in [-0.4, -0.2) is 37.4 Å². The van der Waals surface area contributed by atoms with Crippen molar-refractivity contribution in [1.82, 2.24) is 16.0 Å². The molecule has 0 radical (unpaired) electrons. The third-order valence-corrected chi connectivity index (χ3v) is 3.55. The van der Waals surface area contributed by atoms with E-state index in [1.165, 1.54) is 30.5 Å². The van der Waals surface area contributed by atoms with E-state index in [2.05, 4.69) is 16.0 Å². The van der Waals surface area contributed by atoms with Crippen molar-refractivity contribution in [3.05, 3.63) is 59.3 Å². The molecule has 1 aromatic heterocycles. The summed E-state index contributed by atoms with van der Waals surface area (Å²) in [6, 6.07) is 7.36. The number of nitrogens with one attached hydrogen (secondary N) is 3. The van der Waals surface area contributed by atoms with Gasteiger partial charge in [-0.3, -0.25) is 14.4 Å². The van der Waals surface area contributed by atoms with Crippen LogP contribution in [0.25, 0.3) is 0 Å². The molecule has 0 saturated carbocycles. The van der Waals surface area contributed by atoms with Crippen LogP contribution in [0.4, 0.5) is 4.39 Å². The second-order valence-electron chi connectivity index (χ2n) is 5.55. The summed E-state index contributed by atoms with van der Waals surface area (Å²) in [7, 11) is 0. The number of amides is 3. The van der Waals surface area contributed by atoms with Crippen molar-refractivity contribution in [3.8, 4) is 0 Å². The maximum atomic E-state index is 13.4. The number of benzene rings is 1. The first-order valence-electron chi connectivity index (χ1n) is 8.10. The van der Waals surface area contributed by atoms with Gasteiger partial charge < -0.3 is 20.4 Å². The summed E-state index contributed by atoms with van der Waals surface area (Å²) in [4.78, 5) is 35.1. The second-order valence-corrected chi connectivity index (χ2v) is 5.55. The Labute approximate surface area is 150 Å². The lowest BCUT2D eigenvalue weighted by Crippen LogP contribution is -2.36. The molecule has 1 heterocycles. The van der Waals surface area contributed by atoms with Crippen LogP contribution in [-0.2, 0) is 4.79 Å². The van der Waals surface area contributed by atoms with Crippen LogP contribution in [0.15, 0.2) is 41.0 Å². The number of hydrogen-bond donors (Lipinski definition) is 3. The number of aryl methyl sites for hydroxylation is 1. The van der Waals surface area contributed by atoms with Crippen molar-refractivity contribution in [2.45, 2.75) is 13.3 Å². The van der Waals surface area contributed by atoms with Crippen molar-refractivity contribution in [2.24, 2.45) is 0 Å². The van der Waals surface area contributed by atoms with Crippen LogP contribution in [0.1, 0.15) is 32.9 Å². The van der Waals surface area contributed by atoms with Gasteiger partial charge in [0.25, 0.3) is 11.8 Å². The number of hydrogen-bond acceptors (Lipinski definition) is 4. The predicted octanol–water partition coefficient (Wildman–Crippen LogP) is 1.39. The van der Waals surface area contributed by atoms with Crippen LogP contribution >= 0.6 is 0 Å². The van der Waals surface area contributed by atoms with E-state index in [4.69, 9.17) is 4.42 Å². The standard InChI is InChI=1S/C18H20FN3O4/c1-12-4-5-13(11-14(12)19)17(24)22-9-8-20-16(23)6-7-21-18(25)15-3-2-10-26-15/h2-5,10-11H,6-9H2,1H3,(H,20,23)(H,21,25)(H,22,24). The first-order chi connectivity index (χ1) is 12.5. The van der Waals surface area contributed by atoms with Gasteiger partial charge in [0.1, 0.15) is 5.82 Å². The molecule has 3 amide bonds. The summed E-state index contributed by atoms with van der Waals surface area (Å²) < 4.78 is 18.4. The highest BCUT2D eigenvalue weighted by Crippen LogP contribution is 2.08. The molecule has 2 aromatic rings. The minimum atomic E-state index is -0.442. The Kier molecular flexibility index (Phi) is 6.90. The molecule has 2 rings (SSSR count). The minimum absolute atomic E-state index is 0.101. The fraction of sp³-hybridized carbons (Fsp3) is 0.278. The predicted molar refractivity (Wildman–Crippen MR) is 92.1 cm³/mol. The lowest BCUT2D eigenvalue weighted by atomic mass is 10.1. The van der Waals surface area contributed by atoms with E-state index in [9.17, 15) is 18.8 Å². The first-order valence-corrected chi connectivity index (χ1v) is 8.10. The molecule has 0 spiro atoms. The number of halogens is 1. The van der Waals surface area contributed by atoms with Gasteiger partial charge in [-0.25, -0.2) is 4.39 Å². The normalized spacial score (nSPS) is 10.2. The van der Waals surface area contributed by atoms with Gasteiger partial charge in [0.2, 0.25) is 5.91 Å². The molecule has 0 aliphatic heterocycles. The van der Waals surface area contributed by atoms with E-state index in [-0.39, 0.29) is 49.2 Å². The number of furan rings is 1. The molecule has 0 fully saturated rings. The van der Waals surface area contributed by atoms with E-state index in [1.54, 1.807) is 13.0 Å². The van der Waals surface area contributed by atoms with Gasteiger partial charge in [0, 0.05) is 31.6 Å². The van der Waals surface area contributed by atoms with Crippen molar-refractivity contribution < 1.29 is 23.2 Å². The van der Waals surface area contributed by atoms with E-state index < -0.39 is 11.7 Å². The maximum Gasteiger partial charge on any atom is 0.286 e. The molecular formula is C18H20FN3O4. The first kappa shape index (κ1) is 19.2. The highest BCUT2D eigenvalue weighted by atomic mass is 19.1. The van der Waals surface area contributed by atoms with Crippen LogP contribution in [0.2, 0.25) is 0 Å². The molecular weight excluding hydrogens is 341 g/mol. The summed E-state index contributed by atoms with van der Waals surface area (Å²) in [5, 5.41) is 7.76. The highest BCUT2D eigenvalue weighted by Gasteiger charge is 2.09. The van der Waals surface area contributed by atoms with Crippen molar-refractivity contribution in [3.63, 3.8) is 0 Å². The summed E-state index contributed by atoms with van der Waals surface area (Å²) in [6.07, 6.45) is 1.49. The lowest BCUT2D eigenvalue weighted by molar-refractivity contribution is -0.120. The summed E-state index contributed by atoms with van der Waals surface area (Å²) >= 11 is 0. The Morgan fingerprint density at radius 2 is 1.73 bits per heavy atom. The SMILES string of the molecule is Cc1ccc(C(=O)NCCNC(=O)CCNC(=O)c2ccco2)cc1F. The average Bonchev–Trinajstić information content (AvgIpc) is 3.15. The maximum absolute atomic E-state index is 13.4. The summed E-state index contributed by atoms with van der Waals surface area (Å²) in [5.41, 5.74) is 0.688. The Morgan fingerprint density at radius 3 is 2.42 bits per heavy atom. The molecule has 8 heteroatoms. The fourth-order valence-corrected chi connectivity index (χ4v) is 2.09. The molecule has 1 aromatic carbocycles. The van der Waals surface area contributed by atoms with Gasteiger partial charge in [0.15, 0.2) is 5.76 Å². The smallest absolute Gasteiger partial charge is 0.286 e. The molecule has 26 heavy (non-hydrogen) atoms. The molecule has 3 N–H and O–H groups in total. The van der Waals surface area contributed by atoms with Gasteiger partial charge in [0.05, 0.1) is 6.26 Å². The Hall–Kier alpha value is -3.16. The van der Waals surface area contributed by atoms with Gasteiger partial charge >= 0.3 is 0 Å². The largest absolute Gasteiger partial charge is 0.459 e. The highest BCUT2D eigenvalue weighted by molar-refractivity contribution is 5.94. The number of carbonyl (C=O) groups excluding carboxylic acids is 3. The number of carbonyl (C=O) groups is 3. The third kappa shape index (κ3) is 5.73. The van der Waals surface area contributed by atoms with Crippen LogP contribution < -0.4 is 16.0 Å². The monoisotopic (exact) mass is 361 g/mol.